The van der Waals surface area contributed by atoms with Gasteiger partial charge in [-0.25, -0.2) is 0 Å². The average molecular weight is 170 g/mol. The fourth-order valence-corrected chi connectivity index (χ4v) is 1.03. The van der Waals surface area contributed by atoms with E-state index in [4.69, 9.17) is 11.1 Å². The Bertz CT molecular complexity index is 112. The number of guanidine groups is 1. The van der Waals surface area contributed by atoms with E-state index in [1.165, 1.54) is 32.1 Å². The van der Waals surface area contributed by atoms with Crippen molar-refractivity contribution < 1.29 is 0 Å². The molecule has 0 heterocycles. The summed E-state index contributed by atoms with van der Waals surface area (Å²) in [7, 11) is 0. The Morgan fingerprint density at radius 2 is 2.00 bits per heavy atom. The number of rotatable bonds is 7. The second-order valence-corrected chi connectivity index (χ2v) is 2.97. The van der Waals surface area contributed by atoms with Crippen molar-refractivity contribution >= 4 is 5.96 Å². The summed E-state index contributed by atoms with van der Waals surface area (Å²) in [5.74, 6) is 0.0311. The molecule has 3 heteroatoms. The molecule has 0 aliphatic carbocycles. The molecule has 0 aliphatic rings. The van der Waals surface area contributed by atoms with Gasteiger partial charge >= 0.3 is 0 Å². The standard InChI is InChI=1S/C9H20N3/c1-2-3-4-5-6-7-8-12-9(10)11/h8H,2-7H2,1H3,(H4,10,11,12). The first-order chi connectivity index (χ1) is 5.77. The highest BCUT2D eigenvalue weighted by Gasteiger charge is 1.90. The van der Waals surface area contributed by atoms with E-state index >= 15 is 0 Å². The quantitative estimate of drug-likeness (QED) is 0.311. The molecule has 4 N–H and O–H groups in total. The summed E-state index contributed by atoms with van der Waals surface area (Å²) in [5.41, 5.74) is 5.10. The van der Waals surface area contributed by atoms with Gasteiger partial charge in [0.2, 0.25) is 0 Å². The molecule has 0 aliphatic heterocycles. The fraction of sp³-hybridized carbons (Fsp3) is 0.778. The van der Waals surface area contributed by atoms with Gasteiger partial charge in [-0.1, -0.05) is 39.0 Å². The molecule has 71 valence electrons. The summed E-state index contributed by atoms with van der Waals surface area (Å²) in [5, 5.41) is 9.55. The third-order valence-electron chi connectivity index (χ3n) is 1.71. The van der Waals surface area contributed by atoms with Crippen LogP contribution in [-0.4, -0.2) is 5.96 Å². The molecule has 0 saturated carbocycles. The van der Waals surface area contributed by atoms with Crippen LogP contribution in [0.25, 0.3) is 0 Å². The van der Waals surface area contributed by atoms with Crippen LogP contribution in [0.4, 0.5) is 0 Å². The Morgan fingerprint density at radius 1 is 1.33 bits per heavy atom. The maximum Gasteiger partial charge on any atom is 0.185 e. The van der Waals surface area contributed by atoms with E-state index in [0.29, 0.717) is 0 Å². The van der Waals surface area contributed by atoms with Gasteiger partial charge in [0.25, 0.3) is 0 Å². The van der Waals surface area contributed by atoms with E-state index in [1.807, 2.05) is 6.54 Å². The lowest BCUT2D eigenvalue weighted by Crippen LogP contribution is -2.27. The SMILES string of the molecule is CCCCCCC[CH]NC(=N)N. The molecule has 0 unspecified atom stereocenters. The van der Waals surface area contributed by atoms with Gasteiger partial charge in [0, 0.05) is 6.54 Å². The van der Waals surface area contributed by atoms with Crippen LogP contribution in [0.5, 0.6) is 0 Å². The minimum Gasteiger partial charge on any atom is -0.370 e. The minimum atomic E-state index is 0.0311. The molecule has 0 bridgehead atoms. The average Bonchev–Trinajstić information content (AvgIpc) is 2.02. The lowest BCUT2D eigenvalue weighted by Gasteiger charge is -2.02. The molecule has 0 rings (SSSR count). The van der Waals surface area contributed by atoms with Crippen LogP contribution in [0.1, 0.15) is 45.4 Å². The fourth-order valence-electron chi connectivity index (χ4n) is 1.03. The van der Waals surface area contributed by atoms with Crippen molar-refractivity contribution in [3.63, 3.8) is 0 Å². The highest BCUT2D eigenvalue weighted by atomic mass is 15.0. The summed E-state index contributed by atoms with van der Waals surface area (Å²) < 4.78 is 0. The zero-order valence-corrected chi connectivity index (χ0v) is 7.90. The summed E-state index contributed by atoms with van der Waals surface area (Å²) in [4.78, 5) is 0. The molecule has 3 nitrogen and oxygen atoms in total. The first kappa shape index (κ1) is 11.3. The Labute approximate surface area is 75.2 Å². The molecule has 0 aromatic carbocycles. The predicted octanol–water partition coefficient (Wildman–Crippen LogP) is 1.99. The maximum absolute atomic E-state index is 6.88. The van der Waals surface area contributed by atoms with Crippen molar-refractivity contribution in [2.75, 3.05) is 0 Å². The van der Waals surface area contributed by atoms with Crippen molar-refractivity contribution in [1.29, 1.82) is 5.41 Å². The van der Waals surface area contributed by atoms with Gasteiger partial charge in [0.1, 0.15) is 0 Å². The zero-order chi connectivity index (χ0) is 9.23. The Morgan fingerprint density at radius 3 is 2.58 bits per heavy atom. The Kier molecular flexibility index (Phi) is 7.86. The summed E-state index contributed by atoms with van der Waals surface area (Å²) in [6.07, 6.45) is 7.42. The van der Waals surface area contributed by atoms with Crippen molar-refractivity contribution in [2.45, 2.75) is 45.4 Å². The molecule has 0 fully saturated rings. The summed E-state index contributed by atoms with van der Waals surface area (Å²) >= 11 is 0. The van der Waals surface area contributed by atoms with Crippen LogP contribution in [0.15, 0.2) is 0 Å². The van der Waals surface area contributed by atoms with Crippen molar-refractivity contribution in [2.24, 2.45) is 5.73 Å². The third-order valence-corrected chi connectivity index (χ3v) is 1.71. The van der Waals surface area contributed by atoms with Gasteiger partial charge in [0.15, 0.2) is 5.96 Å². The van der Waals surface area contributed by atoms with Gasteiger partial charge in [-0.05, 0) is 6.42 Å². The highest BCUT2D eigenvalue weighted by molar-refractivity contribution is 5.74. The third kappa shape index (κ3) is 9.27. The van der Waals surface area contributed by atoms with E-state index in [-0.39, 0.29) is 5.96 Å². The van der Waals surface area contributed by atoms with Crippen molar-refractivity contribution in [3.8, 4) is 0 Å². The largest absolute Gasteiger partial charge is 0.370 e. The van der Waals surface area contributed by atoms with Gasteiger partial charge in [0.05, 0.1) is 0 Å². The van der Waals surface area contributed by atoms with Gasteiger partial charge in [-0.2, -0.15) is 0 Å². The van der Waals surface area contributed by atoms with Crippen LogP contribution >= 0.6 is 0 Å². The molecule has 0 aromatic rings. The number of hydrogen-bond donors (Lipinski definition) is 3. The van der Waals surface area contributed by atoms with E-state index in [0.717, 1.165) is 6.42 Å². The molecule has 0 atom stereocenters. The molecule has 12 heavy (non-hydrogen) atoms. The normalized spacial score (nSPS) is 9.75. The molecule has 0 saturated heterocycles. The second kappa shape index (κ2) is 8.37. The predicted molar refractivity (Wildman–Crippen MR) is 52.7 cm³/mol. The second-order valence-electron chi connectivity index (χ2n) is 2.97. The number of unbranched alkanes of at least 4 members (excludes halogenated alkanes) is 5. The maximum atomic E-state index is 6.88. The molecule has 0 aromatic heterocycles. The lowest BCUT2D eigenvalue weighted by molar-refractivity contribution is 0.623. The van der Waals surface area contributed by atoms with Gasteiger partial charge in [-0.3, -0.25) is 5.41 Å². The number of nitrogens with two attached hydrogens (primary N) is 1. The monoisotopic (exact) mass is 170 g/mol. The number of nitrogens with one attached hydrogen (secondary N) is 2. The van der Waals surface area contributed by atoms with Crippen LogP contribution in [0, 0.1) is 12.0 Å². The molecule has 0 amide bonds. The van der Waals surface area contributed by atoms with E-state index in [1.54, 1.807) is 0 Å². The Balaban J connectivity index is 2.86. The van der Waals surface area contributed by atoms with Crippen LogP contribution in [-0.2, 0) is 0 Å². The molecule has 0 spiro atoms. The molecule has 1 radical (unpaired) electrons. The first-order valence-electron chi connectivity index (χ1n) is 4.69. The van der Waals surface area contributed by atoms with Crippen molar-refractivity contribution in [3.05, 3.63) is 6.54 Å². The van der Waals surface area contributed by atoms with E-state index in [2.05, 4.69) is 12.2 Å². The summed E-state index contributed by atoms with van der Waals surface area (Å²) in [6, 6.07) is 0. The Hall–Kier alpha value is -0.730. The van der Waals surface area contributed by atoms with Crippen LogP contribution in [0.2, 0.25) is 0 Å². The molecular formula is C9H20N3. The van der Waals surface area contributed by atoms with Gasteiger partial charge < -0.3 is 11.1 Å². The topological polar surface area (TPSA) is 61.9 Å². The molecular weight excluding hydrogens is 150 g/mol. The van der Waals surface area contributed by atoms with Crippen LogP contribution in [0.3, 0.4) is 0 Å². The van der Waals surface area contributed by atoms with Crippen LogP contribution < -0.4 is 11.1 Å². The van der Waals surface area contributed by atoms with Crippen molar-refractivity contribution in [1.82, 2.24) is 5.32 Å². The van der Waals surface area contributed by atoms with E-state index in [9.17, 15) is 0 Å². The smallest absolute Gasteiger partial charge is 0.185 e. The van der Waals surface area contributed by atoms with Gasteiger partial charge in [-0.15, -0.1) is 0 Å². The zero-order valence-electron chi connectivity index (χ0n) is 7.90. The minimum absolute atomic E-state index is 0.0311. The number of hydrogen-bond acceptors (Lipinski definition) is 1. The highest BCUT2D eigenvalue weighted by Crippen LogP contribution is 2.04. The first-order valence-corrected chi connectivity index (χ1v) is 4.69. The van der Waals surface area contributed by atoms with E-state index < -0.39 is 0 Å². The lowest BCUT2D eigenvalue weighted by atomic mass is 10.1. The summed E-state index contributed by atoms with van der Waals surface area (Å²) in [6.45, 7) is 4.07.